The summed E-state index contributed by atoms with van der Waals surface area (Å²) in [4.78, 5) is 11.8. The van der Waals surface area contributed by atoms with Crippen LogP contribution in [0.4, 0.5) is 0 Å². The summed E-state index contributed by atoms with van der Waals surface area (Å²) in [5, 5.41) is 0. The zero-order valence-electron chi connectivity index (χ0n) is 11.1. The predicted molar refractivity (Wildman–Crippen MR) is 78.7 cm³/mol. The third-order valence-corrected chi connectivity index (χ3v) is 4.78. The first-order chi connectivity index (χ1) is 9.16. The first-order valence-electron chi connectivity index (χ1n) is 5.61. The van der Waals surface area contributed by atoms with E-state index in [9.17, 15) is 13.2 Å². The summed E-state index contributed by atoms with van der Waals surface area (Å²) < 4.78 is 33.4. The van der Waals surface area contributed by atoms with E-state index in [4.69, 9.17) is 20.2 Å². The number of esters is 1. The first kappa shape index (κ1) is 17.4. The normalized spacial score (nSPS) is 13.1. The van der Waals surface area contributed by atoms with E-state index < -0.39 is 21.1 Å². The number of carbonyl (C=O) groups is 1. The van der Waals surface area contributed by atoms with E-state index in [-0.39, 0.29) is 17.1 Å². The van der Waals surface area contributed by atoms with Crippen molar-refractivity contribution < 1.29 is 22.7 Å². The second kappa shape index (κ2) is 6.89. The van der Waals surface area contributed by atoms with Crippen molar-refractivity contribution in [2.75, 3.05) is 13.7 Å². The summed E-state index contributed by atoms with van der Waals surface area (Å²) in [6.07, 6.45) is -0.441. The van der Waals surface area contributed by atoms with Gasteiger partial charge in [-0.25, -0.2) is 13.2 Å². The third kappa shape index (κ3) is 4.44. The topological polar surface area (TPSA) is 69.7 Å². The van der Waals surface area contributed by atoms with Gasteiger partial charge in [-0.05, 0) is 31.5 Å². The molecule has 0 saturated heterocycles. The van der Waals surface area contributed by atoms with Crippen molar-refractivity contribution in [3.8, 4) is 0 Å². The van der Waals surface area contributed by atoms with E-state index >= 15 is 0 Å². The van der Waals surface area contributed by atoms with Crippen molar-refractivity contribution in [3.63, 3.8) is 0 Å². The van der Waals surface area contributed by atoms with Crippen molar-refractivity contribution >= 4 is 41.6 Å². The maximum absolute atomic E-state index is 11.9. The molecule has 20 heavy (non-hydrogen) atoms. The van der Waals surface area contributed by atoms with Crippen LogP contribution in [0.25, 0.3) is 0 Å². The summed E-state index contributed by atoms with van der Waals surface area (Å²) in [6.45, 7) is 3.51. The first-order valence-corrected chi connectivity index (χ1v) is 8.71. The summed E-state index contributed by atoms with van der Waals surface area (Å²) in [7, 11) is 2.90. The maximum atomic E-state index is 11.9. The minimum atomic E-state index is -3.94. The van der Waals surface area contributed by atoms with Crippen LogP contribution in [-0.2, 0) is 18.5 Å². The molecule has 112 valence electrons. The van der Waals surface area contributed by atoms with Crippen LogP contribution in [0.15, 0.2) is 21.5 Å². The molecule has 0 saturated carbocycles. The van der Waals surface area contributed by atoms with Gasteiger partial charge in [-0.1, -0.05) is 15.9 Å². The van der Waals surface area contributed by atoms with Crippen molar-refractivity contribution in [3.05, 3.63) is 27.7 Å². The van der Waals surface area contributed by atoms with Crippen LogP contribution in [0.1, 0.15) is 22.8 Å². The molecule has 0 N–H and O–H groups in total. The maximum Gasteiger partial charge on any atom is 0.338 e. The minimum Gasteiger partial charge on any atom is -0.457 e. The van der Waals surface area contributed by atoms with Gasteiger partial charge in [0.15, 0.2) is 0 Å². The number of methoxy groups -OCH3 is 1. The lowest BCUT2D eigenvalue weighted by molar-refractivity contribution is 0.0120. The van der Waals surface area contributed by atoms with Gasteiger partial charge in [-0.15, -0.1) is 0 Å². The van der Waals surface area contributed by atoms with Crippen LogP contribution in [-0.4, -0.2) is 34.2 Å². The zero-order chi connectivity index (χ0) is 15.5. The Hall–Kier alpha value is -0.630. The molecular formula is C12H14BrClO5S. The second-order valence-electron chi connectivity index (χ2n) is 4.19. The van der Waals surface area contributed by atoms with E-state index in [0.717, 1.165) is 0 Å². The fourth-order valence-corrected chi connectivity index (χ4v) is 3.36. The van der Waals surface area contributed by atoms with Crippen molar-refractivity contribution in [1.29, 1.82) is 0 Å². The summed E-state index contributed by atoms with van der Waals surface area (Å²) >= 11 is 3.20. The number of hydrogen-bond acceptors (Lipinski definition) is 5. The van der Waals surface area contributed by atoms with Crippen LogP contribution in [0.2, 0.25) is 0 Å². The SMILES string of the molecule is COCC(C)OC(=O)c1cc(Br)c(C)c(S(=O)(=O)Cl)c1. The Bertz CT molecular complexity index is 615. The molecule has 0 aliphatic carbocycles. The van der Waals surface area contributed by atoms with Gasteiger partial charge >= 0.3 is 5.97 Å². The summed E-state index contributed by atoms with van der Waals surface area (Å²) in [6, 6.07) is 2.69. The average molecular weight is 386 g/mol. The number of ether oxygens (including phenoxy) is 2. The van der Waals surface area contributed by atoms with Crippen LogP contribution in [0.3, 0.4) is 0 Å². The Labute approximate surface area is 130 Å². The molecule has 8 heteroatoms. The highest BCUT2D eigenvalue weighted by atomic mass is 79.9. The Morgan fingerprint density at radius 2 is 2.05 bits per heavy atom. The quantitative estimate of drug-likeness (QED) is 0.576. The lowest BCUT2D eigenvalue weighted by Gasteiger charge is -2.13. The zero-order valence-corrected chi connectivity index (χ0v) is 14.3. The lowest BCUT2D eigenvalue weighted by atomic mass is 10.1. The number of benzene rings is 1. The van der Waals surface area contributed by atoms with Crippen LogP contribution >= 0.6 is 26.6 Å². The fraction of sp³-hybridized carbons (Fsp3) is 0.417. The van der Waals surface area contributed by atoms with Gasteiger partial charge in [0.05, 0.1) is 17.1 Å². The molecule has 0 aliphatic rings. The Morgan fingerprint density at radius 3 is 2.55 bits per heavy atom. The molecule has 0 heterocycles. The highest BCUT2D eigenvalue weighted by Crippen LogP contribution is 2.28. The molecule has 0 bridgehead atoms. The van der Waals surface area contributed by atoms with Gasteiger partial charge in [0.25, 0.3) is 9.05 Å². The van der Waals surface area contributed by atoms with Crippen LogP contribution < -0.4 is 0 Å². The van der Waals surface area contributed by atoms with Crippen LogP contribution in [0.5, 0.6) is 0 Å². The van der Waals surface area contributed by atoms with Crippen molar-refractivity contribution in [2.24, 2.45) is 0 Å². The van der Waals surface area contributed by atoms with Gasteiger partial charge in [-0.3, -0.25) is 0 Å². The Balaban J connectivity index is 3.15. The molecule has 1 aromatic carbocycles. The summed E-state index contributed by atoms with van der Waals surface area (Å²) in [5.41, 5.74) is 0.533. The van der Waals surface area contributed by atoms with E-state index in [1.165, 1.54) is 19.2 Å². The average Bonchev–Trinajstić information content (AvgIpc) is 2.30. The van der Waals surface area contributed by atoms with Gasteiger partial charge in [0, 0.05) is 22.3 Å². The number of rotatable bonds is 5. The minimum absolute atomic E-state index is 0.102. The van der Waals surface area contributed by atoms with Gasteiger partial charge in [0.2, 0.25) is 0 Å². The van der Waals surface area contributed by atoms with Crippen molar-refractivity contribution in [2.45, 2.75) is 24.8 Å². The van der Waals surface area contributed by atoms with Gasteiger partial charge in [0.1, 0.15) is 6.10 Å². The standard InChI is InChI=1S/C12H14BrClO5S/c1-7(6-18-3)19-12(15)9-4-10(13)8(2)11(5-9)20(14,16)17/h4-5,7H,6H2,1-3H3. The highest BCUT2D eigenvalue weighted by Gasteiger charge is 2.20. The fourth-order valence-electron chi connectivity index (χ4n) is 1.54. The molecule has 0 amide bonds. The molecule has 0 spiro atoms. The Morgan fingerprint density at radius 1 is 1.45 bits per heavy atom. The molecule has 0 radical (unpaired) electrons. The molecule has 1 unspecified atom stereocenters. The van der Waals surface area contributed by atoms with E-state index in [2.05, 4.69) is 15.9 Å². The molecule has 0 aromatic heterocycles. The summed E-state index contributed by atoms with van der Waals surface area (Å²) in [5.74, 6) is -0.642. The van der Waals surface area contributed by atoms with E-state index in [1.807, 2.05) is 0 Å². The van der Waals surface area contributed by atoms with Gasteiger partial charge in [-0.2, -0.15) is 0 Å². The molecular weight excluding hydrogens is 372 g/mol. The monoisotopic (exact) mass is 384 g/mol. The number of halogens is 2. The molecule has 5 nitrogen and oxygen atoms in total. The molecule has 0 fully saturated rings. The lowest BCUT2D eigenvalue weighted by Crippen LogP contribution is -2.20. The molecule has 1 rings (SSSR count). The second-order valence-corrected chi connectivity index (χ2v) is 7.58. The molecule has 0 aliphatic heterocycles. The molecule has 1 atom stereocenters. The third-order valence-electron chi connectivity index (χ3n) is 2.50. The Kier molecular flexibility index (Phi) is 6.00. The number of hydrogen-bond donors (Lipinski definition) is 0. The smallest absolute Gasteiger partial charge is 0.338 e. The van der Waals surface area contributed by atoms with Crippen molar-refractivity contribution in [1.82, 2.24) is 0 Å². The van der Waals surface area contributed by atoms with Crippen LogP contribution in [0, 0.1) is 6.92 Å². The van der Waals surface area contributed by atoms with E-state index in [1.54, 1.807) is 13.8 Å². The predicted octanol–water partition coefficient (Wildman–Crippen LogP) is 2.88. The number of carbonyl (C=O) groups excluding carboxylic acids is 1. The largest absolute Gasteiger partial charge is 0.457 e. The van der Waals surface area contributed by atoms with E-state index in [0.29, 0.717) is 10.0 Å². The molecule has 1 aromatic rings. The van der Waals surface area contributed by atoms with Gasteiger partial charge < -0.3 is 9.47 Å². The highest BCUT2D eigenvalue weighted by molar-refractivity contribution is 9.10.